The SMILES string of the molecule is Cc1cc(C)c(C(=O)NC(Cc2ccc(N3CCC(CNC(=O)NCC4CC4)CC3)cc2)C(=O)O)c(C)c1. The van der Waals surface area contributed by atoms with Crippen LogP contribution >= 0.6 is 0 Å². The standard InChI is InChI=1S/C30H40N4O4/c1-19-14-20(2)27(21(3)15-19)28(35)33-26(29(36)37)16-22-6-8-25(9-7-22)34-12-10-24(11-13-34)18-32-30(38)31-17-23-4-5-23/h6-9,14-15,23-24,26H,4-5,10-13,16-18H2,1-3H3,(H,33,35)(H,36,37)(H2,31,32,38). The molecule has 1 atom stereocenters. The quantitative estimate of drug-likeness (QED) is 0.379. The number of hydrogen-bond acceptors (Lipinski definition) is 4. The molecule has 2 aromatic carbocycles. The Hall–Kier alpha value is -3.55. The normalized spacial score (nSPS) is 16.6. The first kappa shape index (κ1) is 27.5. The van der Waals surface area contributed by atoms with Gasteiger partial charge in [0, 0.05) is 43.9 Å². The number of aliphatic carboxylic acids is 1. The van der Waals surface area contributed by atoms with Crippen molar-refractivity contribution < 1.29 is 19.5 Å². The van der Waals surface area contributed by atoms with Crippen molar-refractivity contribution in [2.75, 3.05) is 31.1 Å². The first-order chi connectivity index (χ1) is 18.2. The van der Waals surface area contributed by atoms with Crippen LogP contribution in [0, 0.1) is 32.6 Å². The predicted molar refractivity (Wildman–Crippen MR) is 149 cm³/mol. The fourth-order valence-electron chi connectivity index (χ4n) is 5.30. The van der Waals surface area contributed by atoms with Crippen LogP contribution in [0.3, 0.4) is 0 Å². The maximum Gasteiger partial charge on any atom is 0.326 e. The predicted octanol–water partition coefficient (Wildman–Crippen LogP) is 3.96. The van der Waals surface area contributed by atoms with E-state index >= 15 is 0 Å². The van der Waals surface area contributed by atoms with E-state index in [9.17, 15) is 19.5 Å². The van der Waals surface area contributed by atoms with Gasteiger partial charge in [-0.3, -0.25) is 4.79 Å². The zero-order chi connectivity index (χ0) is 27.2. The summed E-state index contributed by atoms with van der Waals surface area (Å²) in [5.74, 6) is -0.266. The van der Waals surface area contributed by atoms with Gasteiger partial charge in [0.2, 0.25) is 0 Å². The van der Waals surface area contributed by atoms with E-state index in [4.69, 9.17) is 0 Å². The van der Waals surface area contributed by atoms with Crippen molar-refractivity contribution in [3.8, 4) is 0 Å². The summed E-state index contributed by atoms with van der Waals surface area (Å²) < 4.78 is 0. The van der Waals surface area contributed by atoms with Gasteiger partial charge in [-0.05, 0) is 87.1 Å². The zero-order valence-electron chi connectivity index (χ0n) is 22.7. The number of nitrogens with one attached hydrogen (secondary N) is 3. The minimum atomic E-state index is -1.05. The van der Waals surface area contributed by atoms with Gasteiger partial charge >= 0.3 is 12.0 Å². The lowest BCUT2D eigenvalue weighted by Gasteiger charge is -2.33. The molecule has 1 aliphatic heterocycles. The highest BCUT2D eigenvalue weighted by Gasteiger charge is 2.25. The zero-order valence-corrected chi connectivity index (χ0v) is 22.7. The Labute approximate surface area is 225 Å². The summed E-state index contributed by atoms with van der Waals surface area (Å²) >= 11 is 0. The summed E-state index contributed by atoms with van der Waals surface area (Å²) in [6.45, 7) is 9.03. The second-order valence-electron chi connectivity index (χ2n) is 11.0. The third-order valence-corrected chi connectivity index (χ3v) is 7.66. The van der Waals surface area contributed by atoms with Crippen LogP contribution in [0.15, 0.2) is 36.4 Å². The minimum absolute atomic E-state index is 0.0603. The van der Waals surface area contributed by atoms with Gasteiger partial charge in [0.25, 0.3) is 5.91 Å². The third kappa shape index (κ3) is 7.49. The molecule has 204 valence electrons. The number of carbonyl (C=O) groups excluding carboxylic acids is 2. The Bertz CT molecular complexity index is 1130. The maximum atomic E-state index is 12.9. The number of hydrogen-bond donors (Lipinski definition) is 4. The van der Waals surface area contributed by atoms with E-state index in [0.717, 1.165) is 60.4 Å². The van der Waals surface area contributed by atoms with Crippen LogP contribution in [0.4, 0.5) is 10.5 Å². The van der Waals surface area contributed by atoms with E-state index in [1.54, 1.807) is 0 Å². The molecule has 1 saturated heterocycles. The molecule has 0 radical (unpaired) electrons. The summed E-state index contributed by atoms with van der Waals surface area (Å²) in [6, 6.07) is 10.7. The molecule has 2 aromatic rings. The molecule has 1 saturated carbocycles. The van der Waals surface area contributed by atoms with Gasteiger partial charge < -0.3 is 26.0 Å². The minimum Gasteiger partial charge on any atom is -0.480 e. The lowest BCUT2D eigenvalue weighted by Crippen LogP contribution is -2.43. The van der Waals surface area contributed by atoms with E-state index in [1.807, 2.05) is 57.2 Å². The number of urea groups is 1. The Morgan fingerprint density at radius 2 is 1.45 bits per heavy atom. The van der Waals surface area contributed by atoms with Crippen molar-refractivity contribution in [1.82, 2.24) is 16.0 Å². The number of nitrogens with zero attached hydrogens (tertiary/aromatic N) is 1. The molecule has 4 rings (SSSR count). The van der Waals surface area contributed by atoms with Gasteiger partial charge in [0.1, 0.15) is 6.04 Å². The van der Waals surface area contributed by atoms with Gasteiger partial charge in [-0.25, -0.2) is 9.59 Å². The molecule has 8 nitrogen and oxygen atoms in total. The lowest BCUT2D eigenvalue weighted by atomic mass is 9.96. The molecule has 1 aliphatic carbocycles. The molecule has 4 N–H and O–H groups in total. The fraction of sp³-hybridized carbons (Fsp3) is 0.500. The number of aryl methyl sites for hydroxylation is 3. The molecule has 2 aliphatic rings. The number of carbonyl (C=O) groups is 3. The molecule has 2 fully saturated rings. The number of carboxylic acid groups (broad SMARTS) is 1. The van der Waals surface area contributed by atoms with E-state index in [-0.39, 0.29) is 18.4 Å². The van der Waals surface area contributed by atoms with Gasteiger partial charge in [-0.2, -0.15) is 0 Å². The molecular weight excluding hydrogens is 480 g/mol. The smallest absolute Gasteiger partial charge is 0.326 e. The Balaban J connectivity index is 1.26. The van der Waals surface area contributed by atoms with Gasteiger partial charge in [-0.1, -0.05) is 29.8 Å². The number of anilines is 1. The maximum absolute atomic E-state index is 12.9. The monoisotopic (exact) mass is 520 g/mol. The van der Waals surface area contributed by atoms with Crippen molar-refractivity contribution in [3.05, 3.63) is 64.2 Å². The molecule has 0 aromatic heterocycles. The van der Waals surface area contributed by atoms with Crippen LogP contribution in [0.5, 0.6) is 0 Å². The van der Waals surface area contributed by atoms with Crippen LogP contribution in [0.1, 0.15) is 58.3 Å². The van der Waals surface area contributed by atoms with E-state index in [1.165, 1.54) is 12.8 Å². The number of benzene rings is 2. The molecule has 0 bridgehead atoms. The van der Waals surface area contributed by atoms with Crippen molar-refractivity contribution in [2.24, 2.45) is 11.8 Å². The Morgan fingerprint density at radius 1 is 0.895 bits per heavy atom. The van der Waals surface area contributed by atoms with Crippen LogP contribution in [-0.4, -0.2) is 55.2 Å². The molecule has 0 spiro atoms. The Kier molecular flexibility index (Phi) is 8.92. The topological polar surface area (TPSA) is 111 Å². The van der Waals surface area contributed by atoms with Crippen molar-refractivity contribution in [1.29, 1.82) is 0 Å². The van der Waals surface area contributed by atoms with Crippen LogP contribution in [-0.2, 0) is 11.2 Å². The number of amides is 3. The summed E-state index contributed by atoms with van der Waals surface area (Å²) in [6.07, 6.45) is 4.68. The molecule has 8 heteroatoms. The number of carboxylic acids is 1. The molecule has 1 unspecified atom stereocenters. The highest BCUT2D eigenvalue weighted by atomic mass is 16.4. The highest BCUT2D eigenvalue weighted by Crippen LogP contribution is 2.27. The molecule has 38 heavy (non-hydrogen) atoms. The van der Waals surface area contributed by atoms with Crippen molar-refractivity contribution in [2.45, 2.75) is 58.9 Å². The summed E-state index contributed by atoms with van der Waals surface area (Å²) in [4.78, 5) is 39.1. The second-order valence-corrected chi connectivity index (χ2v) is 11.0. The first-order valence-electron chi connectivity index (χ1n) is 13.7. The fourth-order valence-corrected chi connectivity index (χ4v) is 5.30. The summed E-state index contributed by atoms with van der Waals surface area (Å²) in [7, 11) is 0. The Morgan fingerprint density at radius 3 is 1.97 bits per heavy atom. The molecular formula is C30H40N4O4. The average Bonchev–Trinajstić information content (AvgIpc) is 3.70. The third-order valence-electron chi connectivity index (χ3n) is 7.66. The van der Waals surface area contributed by atoms with Crippen LogP contribution < -0.4 is 20.9 Å². The van der Waals surface area contributed by atoms with Gasteiger partial charge in [-0.15, -0.1) is 0 Å². The van der Waals surface area contributed by atoms with Crippen LogP contribution in [0.25, 0.3) is 0 Å². The highest BCUT2D eigenvalue weighted by molar-refractivity contribution is 5.99. The molecule has 1 heterocycles. The van der Waals surface area contributed by atoms with Crippen molar-refractivity contribution >= 4 is 23.6 Å². The summed E-state index contributed by atoms with van der Waals surface area (Å²) in [5, 5.41) is 18.5. The van der Waals surface area contributed by atoms with Gasteiger partial charge in [0.05, 0.1) is 0 Å². The lowest BCUT2D eigenvalue weighted by molar-refractivity contribution is -0.139. The first-order valence-corrected chi connectivity index (χ1v) is 13.7. The van der Waals surface area contributed by atoms with E-state index in [2.05, 4.69) is 20.9 Å². The average molecular weight is 521 g/mol. The van der Waals surface area contributed by atoms with Crippen LogP contribution in [0.2, 0.25) is 0 Å². The number of piperidine rings is 1. The van der Waals surface area contributed by atoms with Gasteiger partial charge in [0.15, 0.2) is 0 Å². The summed E-state index contributed by atoms with van der Waals surface area (Å²) in [5.41, 5.74) is 5.24. The number of rotatable bonds is 10. The largest absolute Gasteiger partial charge is 0.480 e. The van der Waals surface area contributed by atoms with E-state index in [0.29, 0.717) is 23.9 Å². The molecule has 3 amide bonds. The van der Waals surface area contributed by atoms with E-state index < -0.39 is 12.0 Å². The van der Waals surface area contributed by atoms with Crippen molar-refractivity contribution in [3.63, 3.8) is 0 Å². The second kappa shape index (κ2) is 12.3.